The molecule has 0 aliphatic heterocycles. The number of hydrogen-bond donors (Lipinski definition) is 1. The van der Waals surface area contributed by atoms with Crippen LogP contribution in [-0.2, 0) is 9.47 Å². The Morgan fingerprint density at radius 1 is 1.07 bits per heavy atom. The van der Waals surface area contributed by atoms with Gasteiger partial charge < -0.3 is 14.8 Å². The maximum atomic E-state index is 5.39. The number of methoxy groups -OCH3 is 1. The first-order chi connectivity index (χ1) is 7.35. The van der Waals surface area contributed by atoms with Gasteiger partial charge in [-0.3, -0.25) is 0 Å². The summed E-state index contributed by atoms with van der Waals surface area (Å²) in [6.07, 6.45) is 6.24. The SMILES string of the molecule is CCC(CCCCCOCCOC)NC. The first kappa shape index (κ1) is 14.9. The predicted molar refractivity (Wildman–Crippen MR) is 64.3 cm³/mol. The van der Waals surface area contributed by atoms with Gasteiger partial charge in [-0.1, -0.05) is 19.8 Å². The molecule has 0 amide bonds. The third-order valence-corrected chi connectivity index (χ3v) is 2.67. The summed E-state index contributed by atoms with van der Waals surface area (Å²) >= 11 is 0. The topological polar surface area (TPSA) is 30.5 Å². The van der Waals surface area contributed by atoms with Gasteiger partial charge in [-0.2, -0.15) is 0 Å². The Bertz CT molecular complexity index is 116. The predicted octanol–water partition coefficient (Wildman–Crippen LogP) is 2.21. The molecule has 0 aliphatic carbocycles. The molecule has 15 heavy (non-hydrogen) atoms. The van der Waals surface area contributed by atoms with E-state index in [1.807, 2.05) is 7.05 Å². The molecule has 0 spiro atoms. The smallest absolute Gasteiger partial charge is 0.0700 e. The molecule has 0 rings (SSSR count). The van der Waals surface area contributed by atoms with E-state index in [0.717, 1.165) is 13.2 Å². The molecule has 1 unspecified atom stereocenters. The molecule has 1 atom stereocenters. The van der Waals surface area contributed by atoms with E-state index in [-0.39, 0.29) is 0 Å². The molecule has 0 heterocycles. The minimum atomic E-state index is 0.694. The molecule has 0 fully saturated rings. The summed E-state index contributed by atoms with van der Waals surface area (Å²) in [7, 11) is 3.74. The molecular weight excluding hydrogens is 190 g/mol. The van der Waals surface area contributed by atoms with Gasteiger partial charge in [0.2, 0.25) is 0 Å². The zero-order valence-electron chi connectivity index (χ0n) is 10.6. The molecule has 0 saturated carbocycles. The summed E-state index contributed by atoms with van der Waals surface area (Å²) in [6, 6.07) is 0.694. The van der Waals surface area contributed by atoms with Crippen molar-refractivity contribution in [2.24, 2.45) is 0 Å². The highest BCUT2D eigenvalue weighted by molar-refractivity contribution is 4.61. The van der Waals surface area contributed by atoms with Crippen LogP contribution in [-0.4, -0.2) is 40.0 Å². The van der Waals surface area contributed by atoms with Gasteiger partial charge in [0.05, 0.1) is 13.2 Å². The Kier molecular flexibility index (Phi) is 11.9. The fraction of sp³-hybridized carbons (Fsp3) is 1.00. The number of ether oxygens (including phenoxy) is 2. The summed E-state index contributed by atoms with van der Waals surface area (Å²) in [5, 5.41) is 3.32. The van der Waals surface area contributed by atoms with Crippen molar-refractivity contribution in [3.8, 4) is 0 Å². The van der Waals surface area contributed by atoms with Crippen LogP contribution >= 0.6 is 0 Å². The third kappa shape index (κ3) is 10.2. The maximum Gasteiger partial charge on any atom is 0.0700 e. The highest BCUT2D eigenvalue weighted by Gasteiger charge is 2.01. The minimum Gasteiger partial charge on any atom is -0.382 e. The number of hydrogen-bond acceptors (Lipinski definition) is 3. The summed E-state index contributed by atoms with van der Waals surface area (Å²) in [4.78, 5) is 0. The van der Waals surface area contributed by atoms with E-state index in [2.05, 4.69) is 12.2 Å². The molecule has 0 radical (unpaired) electrons. The molecule has 3 heteroatoms. The van der Waals surface area contributed by atoms with Crippen molar-refractivity contribution in [1.29, 1.82) is 0 Å². The van der Waals surface area contributed by atoms with E-state index >= 15 is 0 Å². The Balaban J connectivity index is 3.04. The van der Waals surface area contributed by atoms with Crippen molar-refractivity contribution < 1.29 is 9.47 Å². The minimum absolute atomic E-state index is 0.694. The molecule has 3 nitrogen and oxygen atoms in total. The fourth-order valence-electron chi connectivity index (χ4n) is 1.57. The van der Waals surface area contributed by atoms with E-state index in [1.165, 1.54) is 32.1 Å². The average Bonchev–Trinajstić information content (AvgIpc) is 2.27. The van der Waals surface area contributed by atoms with E-state index < -0.39 is 0 Å². The van der Waals surface area contributed by atoms with Gasteiger partial charge in [0.25, 0.3) is 0 Å². The lowest BCUT2D eigenvalue weighted by atomic mass is 10.1. The summed E-state index contributed by atoms with van der Waals surface area (Å²) in [6.45, 7) is 4.54. The summed E-state index contributed by atoms with van der Waals surface area (Å²) in [5.41, 5.74) is 0. The lowest BCUT2D eigenvalue weighted by Gasteiger charge is -2.12. The zero-order chi connectivity index (χ0) is 11.4. The van der Waals surface area contributed by atoms with Gasteiger partial charge in [0, 0.05) is 19.8 Å². The van der Waals surface area contributed by atoms with Crippen molar-refractivity contribution in [2.45, 2.75) is 45.1 Å². The highest BCUT2D eigenvalue weighted by atomic mass is 16.5. The Morgan fingerprint density at radius 2 is 1.87 bits per heavy atom. The second-order valence-electron chi connectivity index (χ2n) is 3.85. The number of nitrogens with one attached hydrogen (secondary N) is 1. The van der Waals surface area contributed by atoms with Crippen molar-refractivity contribution in [3.05, 3.63) is 0 Å². The quantitative estimate of drug-likeness (QED) is 0.538. The molecule has 0 aliphatic rings. The van der Waals surface area contributed by atoms with E-state index in [1.54, 1.807) is 7.11 Å². The summed E-state index contributed by atoms with van der Waals surface area (Å²) in [5.74, 6) is 0. The van der Waals surface area contributed by atoms with Crippen LogP contribution in [0.4, 0.5) is 0 Å². The Hall–Kier alpha value is -0.120. The maximum absolute atomic E-state index is 5.39. The molecular formula is C12H27NO2. The van der Waals surface area contributed by atoms with E-state index in [4.69, 9.17) is 9.47 Å². The number of rotatable bonds is 11. The van der Waals surface area contributed by atoms with Crippen LogP contribution in [0.25, 0.3) is 0 Å². The van der Waals surface area contributed by atoms with Crippen molar-refractivity contribution in [2.75, 3.05) is 34.0 Å². The van der Waals surface area contributed by atoms with E-state index in [9.17, 15) is 0 Å². The van der Waals surface area contributed by atoms with Crippen molar-refractivity contribution >= 4 is 0 Å². The van der Waals surface area contributed by atoms with Crippen LogP contribution in [0.3, 0.4) is 0 Å². The molecule has 0 saturated heterocycles. The van der Waals surface area contributed by atoms with Gasteiger partial charge in [-0.05, 0) is 26.3 Å². The second kappa shape index (κ2) is 12.0. The van der Waals surface area contributed by atoms with Crippen LogP contribution < -0.4 is 5.32 Å². The van der Waals surface area contributed by atoms with Crippen LogP contribution in [0.5, 0.6) is 0 Å². The largest absolute Gasteiger partial charge is 0.382 e. The van der Waals surface area contributed by atoms with Gasteiger partial charge in [0.1, 0.15) is 0 Å². The molecule has 0 aromatic rings. The van der Waals surface area contributed by atoms with Crippen molar-refractivity contribution in [1.82, 2.24) is 5.32 Å². The highest BCUT2D eigenvalue weighted by Crippen LogP contribution is 2.05. The Morgan fingerprint density at radius 3 is 2.47 bits per heavy atom. The zero-order valence-corrected chi connectivity index (χ0v) is 10.6. The average molecular weight is 217 g/mol. The third-order valence-electron chi connectivity index (χ3n) is 2.67. The molecule has 0 aromatic carbocycles. The summed E-state index contributed by atoms with van der Waals surface area (Å²) < 4.78 is 10.3. The first-order valence-electron chi connectivity index (χ1n) is 6.09. The van der Waals surface area contributed by atoms with Crippen LogP contribution in [0.15, 0.2) is 0 Å². The van der Waals surface area contributed by atoms with Crippen LogP contribution in [0.2, 0.25) is 0 Å². The second-order valence-corrected chi connectivity index (χ2v) is 3.85. The molecule has 0 bridgehead atoms. The standard InChI is InChI=1S/C12H27NO2/c1-4-12(13-2)8-6-5-7-9-15-11-10-14-3/h12-13H,4-11H2,1-3H3. The molecule has 1 N–H and O–H groups in total. The van der Waals surface area contributed by atoms with Crippen LogP contribution in [0, 0.1) is 0 Å². The van der Waals surface area contributed by atoms with Gasteiger partial charge >= 0.3 is 0 Å². The van der Waals surface area contributed by atoms with Gasteiger partial charge in [0.15, 0.2) is 0 Å². The number of unbranched alkanes of at least 4 members (excludes halogenated alkanes) is 2. The monoisotopic (exact) mass is 217 g/mol. The lowest BCUT2D eigenvalue weighted by molar-refractivity contribution is 0.0685. The molecule has 92 valence electrons. The van der Waals surface area contributed by atoms with Gasteiger partial charge in [-0.25, -0.2) is 0 Å². The Labute approximate surface area is 94.5 Å². The van der Waals surface area contributed by atoms with Crippen molar-refractivity contribution in [3.63, 3.8) is 0 Å². The molecule has 0 aromatic heterocycles. The lowest BCUT2D eigenvalue weighted by Crippen LogP contribution is -2.23. The van der Waals surface area contributed by atoms with E-state index in [0.29, 0.717) is 12.6 Å². The van der Waals surface area contributed by atoms with Gasteiger partial charge in [-0.15, -0.1) is 0 Å². The normalized spacial score (nSPS) is 13.0. The first-order valence-corrected chi connectivity index (χ1v) is 6.09. The fourth-order valence-corrected chi connectivity index (χ4v) is 1.57. The van der Waals surface area contributed by atoms with Crippen LogP contribution in [0.1, 0.15) is 39.0 Å².